The Morgan fingerprint density at radius 2 is 2.05 bits per heavy atom. The number of nitrogens with zero attached hydrogens (tertiary/aromatic N) is 2. The molecule has 1 aliphatic rings. The van der Waals surface area contributed by atoms with Gasteiger partial charge >= 0.3 is 0 Å². The Bertz CT molecular complexity index is 508. The number of anilines is 1. The molecular formula is C15H21N3O2. The summed E-state index contributed by atoms with van der Waals surface area (Å²) in [5.41, 5.74) is 2.19. The number of benzene rings is 1. The van der Waals surface area contributed by atoms with Crippen molar-refractivity contribution in [1.82, 2.24) is 10.2 Å². The smallest absolute Gasteiger partial charge is 0.226 e. The van der Waals surface area contributed by atoms with Gasteiger partial charge in [-0.25, -0.2) is 0 Å². The van der Waals surface area contributed by atoms with E-state index in [0.717, 1.165) is 11.3 Å². The third-order valence-corrected chi connectivity index (χ3v) is 3.59. The Balaban J connectivity index is 1.82. The molecule has 20 heavy (non-hydrogen) atoms. The Morgan fingerprint density at radius 3 is 2.65 bits per heavy atom. The highest BCUT2D eigenvalue weighted by atomic mass is 16.2. The molecule has 2 amide bonds. The van der Waals surface area contributed by atoms with E-state index in [0.29, 0.717) is 19.6 Å². The third kappa shape index (κ3) is 3.29. The van der Waals surface area contributed by atoms with Crippen molar-refractivity contribution in [1.29, 1.82) is 0 Å². The zero-order valence-electron chi connectivity index (χ0n) is 12.2. The molecule has 1 heterocycles. The highest BCUT2D eigenvalue weighted by Crippen LogP contribution is 2.16. The van der Waals surface area contributed by atoms with Crippen LogP contribution in [0.1, 0.15) is 12.5 Å². The van der Waals surface area contributed by atoms with Crippen molar-refractivity contribution >= 4 is 17.5 Å². The highest BCUT2D eigenvalue weighted by Gasteiger charge is 2.33. The molecule has 0 spiro atoms. The van der Waals surface area contributed by atoms with E-state index in [1.165, 1.54) is 6.92 Å². The maximum Gasteiger partial charge on any atom is 0.226 e. The molecule has 2 rings (SSSR count). The van der Waals surface area contributed by atoms with Gasteiger partial charge in [-0.2, -0.15) is 0 Å². The quantitative estimate of drug-likeness (QED) is 0.886. The van der Waals surface area contributed by atoms with Crippen molar-refractivity contribution in [3.63, 3.8) is 0 Å². The van der Waals surface area contributed by atoms with Gasteiger partial charge in [-0.1, -0.05) is 12.1 Å². The summed E-state index contributed by atoms with van der Waals surface area (Å²) < 4.78 is 0. The van der Waals surface area contributed by atoms with Gasteiger partial charge < -0.3 is 15.1 Å². The van der Waals surface area contributed by atoms with Crippen LogP contribution >= 0.6 is 0 Å². The van der Waals surface area contributed by atoms with E-state index in [1.54, 1.807) is 4.90 Å². The average molecular weight is 275 g/mol. The summed E-state index contributed by atoms with van der Waals surface area (Å²) in [5.74, 6) is 0.00132. The Kier molecular flexibility index (Phi) is 4.27. The highest BCUT2D eigenvalue weighted by molar-refractivity contribution is 5.83. The number of hydrogen-bond acceptors (Lipinski definition) is 3. The molecule has 1 N–H and O–H groups in total. The van der Waals surface area contributed by atoms with Gasteiger partial charge in [0, 0.05) is 46.3 Å². The molecule has 5 nitrogen and oxygen atoms in total. The van der Waals surface area contributed by atoms with Crippen LogP contribution in [0.4, 0.5) is 5.69 Å². The van der Waals surface area contributed by atoms with Gasteiger partial charge in [0.25, 0.3) is 0 Å². The second-order valence-electron chi connectivity index (χ2n) is 5.40. The van der Waals surface area contributed by atoms with Gasteiger partial charge in [0.2, 0.25) is 11.8 Å². The summed E-state index contributed by atoms with van der Waals surface area (Å²) in [7, 11) is 3.98. The molecule has 1 aromatic rings. The Hall–Kier alpha value is -2.04. The molecule has 0 atom stereocenters. The first-order chi connectivity index (χ1) is 9.47. The lowest BCUT2D eigenvalue weighted by molar-refractivity contribution is -0.141. The second-order valence-corrected chi connectivity index (χ2v) is 5.40. The van der Waals surface area contributed by atoms with E-state index in [-0.39, 0.29) is 17.7 Å². The van der Waals surface area contributed by atoms with Crippen LogP contribution in [0.2, 0.25) is 0 Å². The van der Waals surface area contributed by atoms with E-state index in [1.807, 2.05) is 37.2 Å². The zero-order valence-corrected chi connectivity index (χ0v) is 12.2. The minimum atomic E-state index is -0.0593. The molecule has 0 bridgehead atoms. The molecule has 1 aliphatic heterocycles. The predicted molar refractivity (Wildman–Crippen MR) is 78.4 cm³/mol. The lowest BCUT2D eigenvalue weighted by Gasteiger charge is -2.37. The van der Waals surface area contributed by atoms with Crippen molar-refractivity contribution in [3.05, 3.63) is 29.8 Å². The minimum absolute atomic E-state index is 0.0257. The lowest BCUT2D eigenvalue weighted by Crippen LogP contribution is -2.55. The van der Waals surface area contributed by atoms with Crippen LogP contribution in [-0.2, 0) is 16.1 Å². The average Bonchev–Trinajstić information content (AvgIpc) is 2.34. The Morgan fingerprint density at radius 1 is 1.35 bits per heavy atom. The molecule has 0 aliphatic carbocycles. The number of carbonyl (C=O) groups is 2. The van der Waals surface area contributed by atoms with Crippen LogP contribution in [0, 0.1) is 5.92 Å². The van der Waals surface area contributed by atoms with E-state index >= 15 is 0 Å². The van der Waals surface area contributed by atoms with Crippen molar-refractivity contribution in [3.8, 4) is 0 Å². The monoisotopic (exact) mass is 275 g/mol. The standard InChI is InChI=1S/C15H21N3O2/c1-11(19)18-9-13(10-18)15(20)16-8-12-5-4-6-14(7-12)17(2)3/h4-7,13H,8-10H2,1-3H3,(H,16,20). The van der Waals surface area contributed by atoms with Crippen molar-refractivity contribution in [2.75, 3.05) is 32.1 Å². The fourth-order valence-electron chi connectivity index (χ4n) is 2.18. The van der Waals surface area contributed by atoms with Crippen LogP contribution < -0.4 is 10.2 Å². The minimum Gasteiger partial charge on any atom is -0.378 e. The van der Waals surface area contributed by atoms with Crippen LogP contribution in [0.3, 0.4) is 0 Å². The predicted octanol–water partition coefficient (Wildman–Crippen LogP) is 0.847. The number of carbonyl (C=O) groups excluding carboxylic acids is 2. The van der Waals surface area contributed by atoms with E-state index in [4.69, 9.17) is 0 Å². The number of amides is 2. The van der Waals surface area contributed by atoms with E-state index in [9.17, 15) is 9.59 Å². The first kappa shape index (κ1) is 14.4. The van der Waals surface area contributed by atoms with E-state index in [2.05, 4.69) is 11.4 Å². The van der Waals surface area contributed by atoms with Gasteiger partial charge in [0.15, 0.2) is 0 Å². The van der Waals surface area contributed by atoms with Crippen LogP contribution in [0.5, 0.6) is 0 Å². The largest absolute Gasteiger partial charge is 0.378 e. The number of nitrogens with one attached hydrogen (secondary N) is 1. The number of likely N-dealkylation sites (tertiary alicyclic amines) is 1. The second kappa shape index (κ2) is 5.94. The van der Waals surface area contributed by atoms with Gasteiger partial charge in [0.05, 0.1) is 5.92 Å². The summed E-state index contributed by atoms with van der Waals surface area (Å²) in [6, 6.07) is 8.07. The van der Waals surface area contributed by atoms with Crippen LogP contribution in [0.25, 0.3) is 0 Å². The summed E-state index contributed by atoms with van der Waals surface area (Å²) in [5, 5.41) is 2.93. The molecule has 1 fully saturated rings. The molecule has 0 aromatic heterocycles. The van der Waals surface area contributed by atoms with Crippen LogP contribution in [-0.4, -0.2) is 43.9 Å². The first-order valence-corrected chi connectivity index (χ1v) is 6.77. The summed E-state index contributed by atoms with van der Waals surface area (Å²) in [4.78, 5) is 26.7. The van der Waals surface area contributed by atoms with Gasteiger partial charge in [-0.15, -0.1) is 0 Å². The summed E-state index contributed by atoms with van der Waals surface area (Å²) >= 11 is 0. The van der Waals surface area contributed by atoms with Gasteiger partial charge in [-0.05, 0) is 17.7 Å². The Labute approximate surface area is 119 Å². The SMILES string of the molecule is CC(=O)N1CC(C(=O)NCc2cccc(N(C)C)c2)C1. The zero-order chi connectivity index (χ0) is 14.7. The van der Waals surface area contributed by atoms with E-state index < -0.39 is 0 Å². The molecule has 1 aromatic carbocycles. The fourth-order valence-corrected chi connectivity index (χ4v) is 2.18. The molecule has 0 unspecified atom stereocenters. The van der Waals surface area contributed by atoms with Gasteiger partial charge in [-0.3, -0.25) is 9.59 Å². The molecule has 0 saturated carbocycles. The number of rotatable bonds is 4. The van der Waals surface area contributed by atoms with Crippen molar-refractivity contribution < 1.29 is 9.59 Å². The third-order valence-electron chi connectivity index (χ3n) is 3.59. The van der Waals surface area contributed by atoms with Crippen molar-refractivity contribution in [2.45, 2.75) is 13.5 Å². The van der Waals surface area contributed by atoms with Gasteiger partial charge in [0.1, 0.15) is 0 Å². The van der Waals surface area contributed by atoms with Crippen molar-refractivity contribution in [2.24, 2.45) is 5.92 Å². The summed E-state index contributed by atoms with van der Waals surface area (Å²) in [6.07, 6.45) is 0. The summed E-state index contributed by atoms with van der Waals surface area (Å²) in [6.45, 7) is 3.13. The fraction of sp³-hybridized carbons (Fsp3) is 0.467. The molecule has 5 heteroatoms. The van der Waals surface area contributed by atoms with Crippen LogP contribution in [0.15, 0.2) is 24.3 Å². The maximum atomic E-state index is 11.9. The molecular weight excluding hydrogens is 254 g/mol. The molecule has 108 valence electrons. The molecule has 1 saturated heterocycles. The normalized spacial score (nSPS) is 14.7. The first-order valence-electron chi connectivity index (χ1n) is 6.77. The maximum absolute atomic E-state index is 11.9. The topological polar surface area (TPSA) is 52.7 Å². The molecule has 0 radical (unpaired) electrons. The number of hydrogen-bond donors (Lipinski definition) is 1. The lowest BCUT2D eigenvalue weighted by atomic mass is 9.99.